The largest absolute Gasteiger partial charge is 0.491 e. The molecule has 0 aromatic heterocycles. The van der Waals surface area contributed by atoms with E-state index in [2.05, 4.69) is 10.6 Å². The Bertz CT molecular complexity index is 826. The number of hydrogen-bond acceptors (Lipinski definition) is 5. The molecule has 1 heterocycles. The Kier molecular flexibility index (Phi) is 9.49. The van der Waals surface area contributed by atoms with E-state index in [1.165, 1.54) is 6.07 Å². The molecule has 0 aliphatic carbocycles. The van der Waals surface area contributed by atoms with Gasteiger partial charge in [-0.15, -0.1) is 0 Å². The Morgan fingerprint density at radius 2 is 1.94 bits per heavy atom. The molecule has 3 N–H and O–H groups in total. The number of ether oxygens (including phenoxy) is 1. The highest BCUT2D eigenvalue weighted by molar-refractivity contribution is 6.00. The minimum absolute atomic E-state index is 0.134. The van der Waals surface area contributed by atoms with Gasteiger partial charge in [0.2, 0.25) is 11.8 Å². The van der Waals surface area contributed by atoms with Crippen LogP contribution in [0.1, 0.15) is 56.8 Å². The second-order valence-electron chi connectivity index (χ2n) is 8.34. The van der Waals surface area contributed by atoms with Crippen LogP contribution in [0.25, 0.3) is 0 Å². The predicted molar refractivity (Wildman–Crippen MR) is 118 cm³/mol. The van der Waals surface area contributed by atoms with Crippen molar-refractivity contribution >= 4 is 23.7 Å². The van der Waals surface area contributed by atoms with Crippen LogP contribution in [0.2, 0.25) is 0 Å². The summed E-state index contributed by atoms with van der Waals surface area (Å²) in [7, 11) is 0. The fourth-order valence-electron chi connectivity index (χ4n) is 3.52. The number of carbonyl (C=O) groups excluding carboxylic acids is 3. The number of unbranched alkanes of at least 4 members (excludes halogenated alkanes) is 1. The van der Waals surface area contributed by atoms with Crippen LogP contribution in [0.4, 0.5) is 0 Å². The van der Waals surface area contributed by atoms with Crippen molar-refractivity contribution in [3.63, 3.8) is 0 Å². The van der Waals surface area contributed by atoms with Crippen LogP contribution in [0.3, 0.4) is 0 Å². The Hall–Kier alpha value is -3.10. The van der Waals surface area contributed by atoms with Crippen molar-refractivity contribution in [1.29, 1.82) is 0 Å². The van der Waals surface area contributed by atoms with Gasteiger partial charge in [0.25, 0.3) is 5.91 Å². The summed E-state index contributed by atoms with van der Waals surface area (Å²) in [5.74, 6) is -2.38. The van der Waals surface area contributed by atoms with Gasteiger partial charge in [0, 0.05) is 6.54 Å². The predicted octanol–water partition coefficient (Wildman–Crippen LogP) is 1.81. The van der Waals surface area contributed by atoms with Crippen molar-refractivity contribution in [2.75, 3.05) is 19.7 Å². The lowest BCUT2D eigenvalue weighted by atomic mass is 10.0. The SMILES string of the molecule is CCCCN1CCOc2ccccc2C(=O)N[C@@H](C(=O)O)CC(=O)N[C@@H](CC(C)C)C1=O. The highest BCUT2D eigenvalue weighted by Gasteiger charge is 2.30. The number of fused-ring (bicyclic) bond motifs is 1. The van der Waals surface area contributed by atoms with E-state index in [0.29, 0.717) is 19.5 Å². The second-order valence-corrected chi connectivity index (χ2v) is 8.34. The van der Waals surface area contributed by atoms with E-state index in [1.807, 2.05) is 20.8 Å². The Labute approximate surface area is 188 Å². The maximum Gasteiger partial charge on any atom is 0.326 e. The van der Waals surface area contributed by atoms with Gasteiger partial charge >= 0.3 is 5.97 Å². The Morgan fingerprint density at radius 3 is 2.59 bits per heavy atom. The van der Waals surface area contributed by atoms with Gasteiger partial charge in [0.05, 0.1) is 18.5 Å². The molecular weight excluding hydrogens is 414 g/mol. The van der Waals surface area contributed by atoms with E-state index in [-0.39, 0.29) is 29.7 Å². The normalized spacial score (nSPS) is 20.6. The standard InChI is InChI=1S/C23H33N3O6/c1-4-5-10-26-11-12-32-19-9-7-6-8-16(19)21(28)25-18(23(30)31)14-20(27)24-17(22(26)29)13-15(2)3/h6-9,15,17-18H,4-5,10-14H2,1-3H3,(H,24,27)(H,25,28)(H,30,31)/t17-,18+/m0/s1. The minimum Gasteiger partial charge on any atom is -0.491 e. The maximum atomic E-state index is 13.3. The van der Waals surface area contributed by atoms with Crippen molar-refractivity contribution in [2.45, 2.75) is 58.5 Å². The van der Waals surface area contributed by atoms with E-state index >= 15 is 0 Å². The van der Waals surface area contributed by atoms with Crippen LogP contribution in [0, 0.1) is 5.92 Å². The summed E-state index contributed by atoms with van der Waals surface area (Å²) in [5, 5.41) is 14.6. The first-order valence-electron chi connectivity index (χ1n) is 11.1. The summed E-state index contributed by atoms with van der Waals surface area (Å²) in [6.45, 7) is 6.90. The van der Waals surface area contributed by atoms with Crippen molar-refractivity contribution in [3.8, 4) is 5.75 Å². The van der Waals surface area contributed by atoms with Crippen molar-refractivity contribution in [2.24, 2.45) is 5.92 Å². The molecule has 9 heteroatoms. The molecule has 0 fully saturated rings. The van der Waals surface area contributed by atoms with Gasteiger partial charge in [-0.2, -0.15) is 0 Å². The number of rotatable bonds is 6. The molecule has 0 spiro atoms. The number of carbonyl (C=O) groups is 4. The zero-order valence-corrected chi connectivity index (χ0v) is 18.9. The van der Waals surface area contributed by atoms with Crippen LogP contribution in [-0.2, 0) is 14.4 Å². The van der Waals surface area contributed by atoms with Gasteiger partial charge in [-0.25, -0.2) is 4.79 Å². The van der Waals surface area contributed by atoms with Crippen LogP contribution >= 0.6 is 0 Å². The topological polar surface area (TPSA) is 125 Å². The molecule has 2 atom stereocenters. The third-order valence-corrected chi connectivity index (χ3v) is 5.18. The summed E-state index contributed by atoms with van der Waals surface area (Å²) in [6.07, 6.45) is 1.63. The average Bonchev–Trinajstić information content (AvgIpc) is 2.74. The zero-order chi connectivity index (χ0) is 23.7. The molecule has 0 saturated heterocycles. The molecule has 0 unspecified atom stereocenters. The third-order valence-electron chi connectivity index (χ3n) is 5.18. The first-order chi connectivity index (χ1) is 15.2. The number of para-hydroxylation sites is 1. The molecule has 1 aromatic rings. The maximum absolute atomic E-state index is 13.3. The molecule has 0 radical (unpaired) electrons. The van der Waals surface area contributed by atoms with Gasteiger partial charge in [-0.1, -0.05) is 39.3 Å². The average molecular weight is 448 g/mol. The van der Waals surface area contributed by atoms with E-state index < -0.39 is 36.3 Å². The molecule has 9 nitrogen and oxygen atoms in total. The molecule has 2 rings (SSSR count). The van der Waals surface area contributed by atoms with Gasteiger partial charge < -0.3 is 25.4 Å². The third kappa shape index (κ3) is 7.25. The lowest BCUT2D eigenvalue weighted by molar-refractivity contribution is -0.142. The number of aliphatic carboxylic acids is 1. The summed E-state index contributed by atoms with van der Waals surface area (Å²) in [6, 6.07) is 4.26. The number of nitrogens with zero attached hydrogens (tertiary/aromatic N) is 1. The van der Waals surface area contributed by atoms with E-state index in [0.717, 1.165) is 12.8 Å². The molecule has 0 saturated carbocycles. The molecular formula is C23H33N3O6. The number of nitrogens with one attached hydrogen (secondary N) is 2. The lowest BCUT2D eigenvalue weighted by Gasteiger charge is -2.29. The van der Waals surface area contributed by atoms with Gasteiger partial charge in [-0.05, 0) is 30.9 Å². The molecule has 3 amide bonds. The Balaban J connectivity index is 2.39. The highest BCUT2D eigenvalue weighted by atomic mass is 16.5. The molecule has 0 bridgehead atoms. The lowest BCUT2D eigenvalue weighted by Crippen LogP contribution is -2.52. The fraction of sp³-hybridized carbons (Fsp3) is 0.565. The molecule has 176 valence electrons. The number of hydrogen-bond donors (Lipinski definition) is 3. The first-order valence-corrected chi connectivity index (χ1v) is 11.1. The van der Waals surface area contributed by atoms with Crippen molar-refractivity contribution in [3.05, 3.63) is 29.8 Å². The number of carboxylic acid groups (broad SMARTS) is 1. The van der Waals surface area contributed by atoms with E-state index in [4.69, 9.17) is 4.74 Å². The summed E-state index contributed by atoms with van der Waals surface area (Å²) < 4.78 is 5.81. The first kappa shape index (κ1) is 25.2. The van der Waals surface area contributed by atoms with Crippen LogP contribution in [0.15, 0.2) is 24.3 Å². The van der Waals surface area contributed by atoms with Crippen molar-refractivity contribution in [1.82, 2.24) is 15.5 Å². The smallest absolute Gasteiger partial charge is 0.326 e. The number of carboxylic acids is 1. The van der Waals surface area contributed by atoms with Crippen LogP contribution in [0.5, 0.6) is 5.75 Å². The van der Waals surface area contributed by atoms with E-state index in [1.54, 1.807) is 23.1 Å². The molecule has 1 aliphatic rings. The minimum atomic E-state index is -1.44. The summed E-state index contributed by atoms with van der Waals surface area (Å²) in [5.41, 5.74) is 0.167. The summed E-state index contributed by atoms with van der Waals surface area (Å²) >= 11 is 0. The van der Waals surface area contributed by atoms with Gasteiger partial charge in [-0.3, -0.25) is 14.4 Å². The fourth-order valence-corrected chi connectivity index (χ4v) is 3.52. The van der Waals surface area contributed by atoms with E-state index in [9.17, 15) is 24.3 Å². The second kappa shape index (κ2) is 12.1. The Morgan fingerprint density at radius 1 is 1.22 bits per heavy atom. The monoisotopic (exact) mass is 447 g/mol. The van der Waals surface area contributed by atoms with Crippen molar-refractivity contribution < 1.29 is 29.0 Å². The quantitative estimate of drug-likeness (QED) is 0.611. The van der Waals surface area contributed by atoms with Crippen LogP contribution in [-0.4, -0.2) is 65.5 Å². The molecule has 1 aliphatic heterocycles. The summed E-state index contributed by atoms with van der Waals surface area (Å²) in [4.78, 5) is 52.0. The number of amides is 3. The van der Waals surface area contributed by atoms with Gasteiger partial charge in [0.15, 0.2) is 0 Å². The van der Waals surface area contributed by atoms with Crippen LogP contribution < -0.4 is 15.4 Å². The molecule has 1 aromatic carbocycles. The van der Waals surface area contributed by atoms with Gasteiger partial charge in [0.1, 0.15) is 24.4 Å². The molecule has 32 heavy (non-hydrogen) atoms. The zero-order valence-electron chi connectivity index (χ0n) is 18.9. The highest BCUT2D eigenvalue weighted by Crippen LogP contribution is 2.19. The number of benzene rings is 1.